The topological polar surface area (TPSA) is 60.0 Å². The minimum Gasteiger partial charge on any atom is -0.454 e. The number of carbonyl (C=O) groups excluding carboxylic acids is 1. The Morgan fingerprint density at radius 3 is 2.81 bits per heavy atom. The second kappa shape index (κ2) is 7.42. The van der Waals surface area contributed by atoms with Crippen molar-refractivity contribution in [2.45, 2.75) is 6.10 Å². The first-order valence-electron chi connectivity index (χ1n) is 8.23. The Kier molecular flexibility index (Phi) is 4.99. The summed E-state index contributed by atoms with van der Waals surface area (Å²) in [5.41, 5.74) is 1.04. The van der Waals surface area contributed by atoms with Crippen molar-refractivity contribution in [1.29, 1.82) is 0 Å². The van der Waals surface area contributed by atoms with E-state index in [0.29, 0.717) is 40.9 Å². The van der Waals surface area contributed by atoms with E-state index in [9.17, 15) is 9.18 Å². The third kappa shape index (κ3) is 3.76. The summed E-state index contributed by atoms with van der Waals surface area (Å²) in [5.74, 6) is 0.636. The predicted octanol–water partition coefficient (Wildman–Crippen LogP) is 4.47. The first kappa shape index (κ1) is 18.2. The zero-order valence-electron chi connectivity index (χ0n) is 14.0. The number of urea groups is 1. The lowest BCUT2D eigenvalue weighted by molar-refractivity contribution is -0.0135. The number of halogens is 3. The minimum absolute atomic E-state index is 0.0584. The number of fused-ring (bicyclic) bond motifs is 1. The lowest BCUT2D eigenvalue weighted by Gasteiger charge is -2.33. The molecule has 1 saturated heterocycles. The van der Waals surface area contributed by atoms with Crippen molar-refractivity contribution in [3.8, 4) is 11.5 Å². The van der Waals surface area contributed by atoms with Crippen LogP contribution in [0.1, 0.15) is 11.7 Å². The Morgan fingerprint density at radius 2 is 1.96 bits per heavy atom. The third-order valence-corrected chi connectivity index (χ3v) is 4.98. The van der Waals surface area contributed by atoms with Gasteiger partial charge in [-0.05, 0) is 24.3 Å². The maximum atomic E-state index is 13.8. The van der Waals surface area contributed by atoms with E-state index in [1.54, 1.807) is 23.1 Å². The van der Waals surface area contributed by atoms with Gasteiger partial charge >= 0.3 is 6.03 Å². The summed E-state index contributed by atoms with van der Waals surface area (Å²) in [7, 11) is 0. The standard InChI is InChI=1S/C18H15Cl2FN2O4/c19-12-7-13(20)14(21)6-11(12)17-8-23(3-4-25-17)18(24)22-10-1-2-15-16(5-10)27-9-26-15/h1-2,5-7,17H,3-4,8-9H2,(H,22,24)/t17-/m1/s1. The van der Waals surface area contributed by atoms with Crippen LogP contribution in [-0.4, -0.2) is 37.4 Å². The average molecular weight is 413 g/mol. The summed E-state index contributed by atoms with van der Waals surface area (Å²) in [6.45, 7) is 1.11. The monoisotopic (exact) mass is 412 g/mol. The first-order chi connectivity index (χ1) is 13.0. The molecule has 2 aromatic rings. The Balaban J connectivity index is 1.46. The van der Waals surface area contributed by atoms with Crippen LogP contribution >= 0.6 is 23.2 Å². The molecule has 0 aromatic heterocycles. The Labute approximate surface area is 164 Å². The normalized spacial score (nSPS) is 18.5. The third-order valence-electron chi connectivity index (χ3n) is 4.36. The Hall–Kier alpha value is -2.22. The van der Waals surface area contributed by atoms with Crippen molar-refractivity contribution in [2.75, 3.05) is 31.8 Å². The van der Waals surface area contributed by atoms with E-state index >= 15 is 0 Å². The number of amides is 2. The fraction of sp³-hybridized carbons (Fsp3) is 0.278. The van der Waals surface area contributed by atoms with E-state index < -0.39 is 11.9 Å². The summed E-state index contributed by atoms with van der Waals surface area (Å²) in [6, 6.07) is 7.44. The number of nitrogens with one attached hydrogen (secondary N) is 1. The molecule has 0 spiro atoms. The molecular weight excluding hydrogens is 398 g/mol. The van der Waals surface area contributed by atoms with Gasteiger partial charge in [-0.25, -0.2) is 9.18 Å². The molecule has 1 N–H and O–H groups in total. The summed E-state index contributed by atoms with van der Waals surface area (Å²) >= 11 is 11.9. The molecule has 142 valence electrons. The number of hydrogen-bond acceptors (Lipinski definition) is 4. The van der Waals surface area contributed by atoms with Crippen molar-refractivity contribution in [3.63, 3.8) is 0 Å². The van der Waals surface area contributed by atoms with Crippen molar-refractivity contribution in [2.24, 2.45) is 0 Å². The molecule has 0 aliphatic carbocycles. The smallest absolute Gasteiger partial charge is 0.322 e. The fourth-order valence-corrected chi connectivity index (χ4v) is 3.49. The van der Waals surface area contributed by atoms with E-state index in [2.05, 4.69) is 5.32 Å². The van der Waals surface area contributed by atoms with Crippen LogP contribution < -0.4 is 14.8 Å². The minimum atomic E-state index is -0.582. The van der Waals surface area contributed by atoms with Gasteiger partial charge in [-0.2, -0.15) is 0 Å². The number of hydrogen-bond donors (Lipinski definition) is 1. The maximum Gasteiger partial charge on any atom is 0.322 e. The van der Waals surface area contributed by atoms with E-state index in [1.807, 2.05) is 0 Å². The van der Waals surface area contributed by atoms with Crippen LogP contribution in [0.2, 0.25) is 10.0 Å². The van der Waals surface area contributed by atoms with Gasteiger partial charge in [0.2, 0.25) is 6.79 Å². The second-order valence-corrected chi connectivity index (χ2v) is 6.91. The molecule has 2 amide bonds. The van der Waals surface area contributed by atoms with Gasteiger partial charge in [0.1, 0.15) is 11.9 Å². The van der Waals surface area contributed by atoms with E-state index in [0.717, 1.165) is 0 Å². The van der Waals surface area contributed by atoms with Gasteiger partial charge in [-0.15, -0.1) is 0 Å². The van der Waals surface area contributed by atoms with Crippen LogP contribution in [0.4, 0.5) is 14.9 Å². The molecule has 0 saturated carbocycles. The molecule has 0 bridgehead atoms. The molecule has 6 nitrogen and oxygen atoms in total. The molecule has 27 heavy (non-hydrogen) atoms. The van der Waals surface area contributed by atoms with Gasteiger partial charge in [0.25, 0.3) is 0 Å². The van der Waals surface area contributed by atoms with Crippen molar-refractivity contribution in [1.82, 2.24) is 4.90 Å². The molecule has 0 unspecified atom stereocenters. The number of morpholine rings is 1. The number of rotatable bonds is 2. The number of anilines is 1. The highest BCUT2D eigenvalue weighted by molar-refractivity contribution is 6.35. The lowest BCUT2D eigenvalue weighted by Crippen LogP contribution is -2.44. The zero-order valence-corrected chi connectivity index (χ0v) is 15.5. The number of nitrogens with zero attached hydrogens (tertiary/aromatic N) is 1. The molecule has 4 rings (SSSR count). The molecule has 2 aliphatic rings. The zero-order chi connectivity index (χ0) is 19.0. The average Bonchev–Trinajstić information content (AvgIpc) is 3.12. The molecule has 2 heterocycles. The number of benzene rings is 2. The molecule has 1 fully saturated rings. The highest BCUT2D eigenvalue weighted by atomic mass is 35.5. The van der Waals surface area contributed by atoms with E-state index in [1.165, 1.54) is 12.1 Å². The van der Waals surface area contributed by atoms with Gasteiger partial charge in [0, 0.05) is 28.9 Å². The first-order valence-corrected chi connectivity index (χ1v) is 8.98. The predicted molar refractivity (Wildman–Crippen MR) is 98.3 cm³/mol. The van der Waals surface area contributed by atoms with Crippen LogP contribution in [0.25, 0.3) is 0 Å². The quantitative estimate of drug-likeness (QED) is 0.739. The van der Waals surface area contributed by atoms with Crippen LogP contribution in [0.3, 0.4) is 0 Å². The molecular formula is C18H15Cl2FN2O4. The van der Waals surface area contributed by atoms with Gasteiger partial charge < -0.3 is 24.4 Å². The highest BCUT2D eigenvalue weighted by Gasteiger charge is 2.28. The largest absolute Gasteiger partial charge is 0.454 e. The van der Waals surface area contributed by atoms with Crippen molar-refractivity contribution in [3.05, 3.63) is 51.8 Å². The summed E-state index contributed by atoms with van der Waals surface area (Å²) in [5, 5.41) is 3.05. The Bertz CT molecular complexity index is 896. The summed E-state index contributed by atoms with van der Waals surface area (Å²) < 4.78 is 30.0. The second-order valence-electron chi connectivity index (χ2n) is 6.09. The SMILES string of the molecule is O=C(Nc1ccc2c(c1)OCO2)N1CCO[C@@H](c2cc(F)c(Cl)cc2Cl)C1. The molecule has 0 radical (unpaired) electrons. The van der Waals surface area contributed by atoms with Gasteiger partial charge in [0.05, 0.1) is 18.2 Å². The van der Waals surface area contributed by atoms with Crippen LogP contribution in [0, 0.1) is 5.82 Å². The van der Waals surface area contributed by atoms with Gasteiger partial charge in [-0.1, -0.05) is 23.2 Å². The van der Waals surface area contributed by atoms with Gasteiger partial charge in [-0.3, -0.25) is 0 Å². The van der Waals surface area contributed by atoms with Crippen LogP contribution in [0.5, 0.6) is 11.5 Å². The lowest BCUT2D eigenvalue weighted by atomic mass is 10.1. The summed E-state index contributed by atoms with van der Waals surface area (Å²) in [6.07, 6.45) is -0.541. The highest BCUT2D eigenvalue weighted by Crippen LogP contribution is 2.35. The molecule has 9 heteroatoms. The number of carbonyl (C=O) groups is 1. The number of ether oxygens (including phenoxy) is 3. The Morgan fingerprint density at radius 1 is 1.15 bits per heavy atom. The van der Waals surface area contributed by atoms with Crippen LogP contribution in [-0.2, 0) is 4.74 Å². The van der Waals surface area contributed by atoms with Crippen molar-refractivity contribution >= 4 is 34.9 Å². The molecule has 2 aromatic carbocycles. The maximum absolute atomic E-state index is 13.8. The molecule has 2 aliphatic heterocycles. The van der Waals surface area contributed by atoms with Crippen LogP contribution in [0.15, 0.2) is 30.3 Å². The fourth-order valence-electron chi connectivity index (χ4n) is 2.98. The molecule has 1 atom stereocenters. The van der Waals surface area contributed by atoms with E-state index in [4.69, 9.17) is 37.4 Å². The van der Waals surface area contributed by atoms with E-state index in [-0.39, 0.29) is 24.4 Å². The van der Waals surface area contributed by atoms with Crippen molar-refractivity contribution < 1.29 is 23.4 Å². The summed E-state index contributed by atoms with van der Waals surface area (Å²) in [4.78, 5) is 14.2. The van der Waals surface area contributed by atoms with Gasteiger partial charge in [0.15, 0.2) is 11.5 Å².